The number of hydrogen-bond acceptors (Lipinski definition) is 6. The van der Waals surface area contributed by atoms with Gasteiger partial charge < -0.3 is 20.4 Å². The van der Waals surface area contributed by atoms with Crippen molar-refractivity contribution in [2.45, 2.75) is 32.9 Å². The van der Waals surface area contributed by atoms with Gasteiger partial charge in [-0.25, -0.2) is 14.6 Å². The number of fused-ring (bicyclic) bond motifs is 3. The Bertz CT molecular complexity index is 1190. The molecule has 5 rings (SSSR count). The monoisotopic (exact) mass is 419 g/mol. The lowest BCUT2D eigenvalue weighted by molar-refractivity contribution is -0.114. The van der Waals surface area contributed by atoms with Crippen LogP contribution in [0.3, 0.4) is 0 Å². The minimum atomic E-state index is -0.382. The smallest absolute Gasteiger partial charge is 0.246 e. The summed E-state index contributed by atoms with van der Waals surface area (Å²) in [5, 5.41) is 7.54. The van der Waals surface area contributed by atoms with Gasteiger partial charge in [0.05, 0.1) is 12.1 Å². The van der Waals surface area contributed by atoms with Gasteiger partial charge in [-0.05, 0) is 50.1 Å². The third kappa shape index (κ3) is 3.40. The Morgan fingerprint density at radius 3 is 2.97 bits per heavy atom. The first-order valence-corrected chi connectivity index (χ1v) is 10.5. The zero-order valence-electron chi connectivity index (χ0n) is 17.6. The number of nitrogens with one attached hydrogen (secondary N) is 1. The summed E-state index contributed by atoms with van der Waals surface area (Å²) < 4.78 is 10.0. The lowest BCUT2D eigenvalue weighted by Gasteiger charge is -2.20. The van der Waals surface area contributed by atoms with Crippen molar-refractivity contribution >= 4 is 11.5 Å². The molecule has 9 heteroatoms. The van der Waals surface area contributed by atoms with E-state index in [2.05, 4.69) is 33.8 Å². The Labute approximate surface area is 179 Å². The van der Waals surface area contributed by atoms with E-state index in [0.29, 0.717) is 25.3 Å². The molecule has 3 aromatic rings. The third-order valence-electron chi connectivity index (χ3n) is 5.74. The summed E-state index contributed by atoms with van der Waals surface area (Å²) >= 11 is 0. The van der Waals surface area contributed by atoms with Crippen molar-refractivity contribution < 1.29 is 9.53 Å². The van der Waals surface area contributed by atoms with Crippen LogP contribution < -0.4 is 15.8 Å². The van der Waals surface area contributed by atoms with Crippen molar-refractivity contribution in [2.24, 2.45) is 5.73 Å². The van der Waals surface area contributed by atoms with E-state index in [1.807, 2.05) is 29.1 Å². The number of benzene rings is 1. The van der Waals surface area contributed by atoms with Crippen LogP contribution in [-0.2, 0) is 11.3 Å². The van der Waals surface area contributed by atoms with Crippen molar-refractivity contribution in [3.63, 3.8) is 0 Å². The number of amides is 1. The molecule has 0 atom stereocenters. The zero-order chi connectivity index (χ0) is 21.5. The first kappa shape index (κ1) is 19.5. The minimum absolute atomic E-state index is 0.190. The maximum Gasteiger partial charge on any atom is 0.246 e. The molecule has 2 aliphatic rings. The molecule has 2 aliphatic heterocycles. The van der Waals surface area contributed by atoms with E-state index in [-0.39, 0.29) is 11.9 Å². The molecule has 0 radical (unpaired) electrons. The molecule has 2 aromatic heterocycles. The molecule has 31 heavy (non-hydrogen) atoms. The molecular weight excluding hydrogens is 394 g/mol. The second-order valence-corrected chi connectivity index (χ2v) is 8.07. The fourth-order valence-corrected chi connectivity index (χ4v) is 4.23. The number of ether oxygens (including phenoxy) is 1. The average Bonchev–Trinajstić information content (AvgIpc) is 3.38. The number of carbonyl (C=O) groups is 1. The van der Waals surface area contributed by atoms with E-state index >= 15 is 0 Å². The number of nitrogens with two attached hydrogens (primary N) is 1. The van der Waals surface area contributed by atoms with Gasteiger partial charge in [-0.3, -0.25) is 4.79 Å². The fourth-order valence-electron chi connectivity index (χ4n) is 4.23. The number of nitrogens with zero attached hydrogens (tertiary/aromatic N) is 5. The SMILES string of the molecule is CC(C)n1ncnc1-c1cn2c(n1)-c1ccc(C3=C(C(N)=O)CNCC3)cc1OCC2. The van der Waals surface area contributed by atoms with Crippen LogP contribution in [0.4, 0.5) is 0 Å². The topological polar surface area (TPSA) is 113 Å². The number of imidazole rings is 1. The summed E-state index contributed by atoms with van der Waals surface area (Å²) in [4.78, 5) is 21.2. The molecule has 0 unspecified atom stereocenters. The molecule has 3 N–H and O–H groups in total. The van der Waals surface area contributed by atoms with Gasteiger partial charge in [-0.15, -0.1) is 0 Å². The lowest BCUT2D eigenvalue weighted by Crippen LogP contribution is -2.31. The first-order chi connectivity index (χ1) is 15.0. The Morgan fingerprint density at radius 1 is 1.29 bits per heavy atom. The van der Waals surface area contributed by atoms with Gasteiger partial charge in [0.1, 0.15) is 30.2 Å². The van der Waals surface area contributed by atoms with Crippen LogP contribution in [0.25, 0.3) is 28.5 Å². The lowest BCUT2D eigenvalue weighted by atomic mass is 9.93. The van der Waals surface area contributed by atoms with Gasteiger partial charge in [-0.2, -0.15) is 5.10 Å². The highest BCUT2D eigenvalue weighted by atomic mass is 16.5. The van der Waals surface area contributed by atoms with Gasteiger partial charge >= 0.3 is 0 Å². The summed E-state index contributed by atoms with van der Waals surface area (Å²) in [5.41, 5.74) is 9.90. The quantitative estimate of drug-likeness (QED) is 0.669. The number of primary amides is 1. The molecule has 0 aliphatic carbocycles. The summed E-state index contributed by atoms with van der Waals surface area (Å²) in [7, 11) is 0. The van der Waals surface area contributed by atoms with E-state index in [0.717, 1.165) is 52.8 Å². The number of hydrogen-bond donors (Lipinski definition) is 2. The first-order valence-electron chi connectivity index (χ1n) is 10.5. The number of rotatable bonds is 4. The molecule has 0 fully saturated rings. The molecule has 0 saturated carbocycles. The summed E-state index contributed by atoms with van der Waals surface area (Å²) in [5.74, 6) is 1.96. The van der Waals surface area contributed by atoms with E-state index in [9.17, 15) is 4.79 Å². The Morgan fingerprint density at radius 2 is 2.16 bits per heavy atom. The van der Waals surface area contributed by atoms with Crippen LogP contribution in [0.15, 0.2) is 36.3 Å². The van der Waals surface area contributed by atoms with Gasteiger partial charge in [0.25, 0.3) is 0 Å². The summed E-state index contributed by atoms with van der Waals surface area (Å²) in [6.45, 7) is 6.65. The largest absolute Gasteiger partial charge is 0.491 e. The van der Waals surface area contributed by atoms with E-state index < -0.39 is 0 Å². The molecule has 4 heterocycles. The predicted molar refractivity (Wildman–Crippen MR) is 116 cm³/mol. The summed E-state index contributed by atoms with van der Waals surface area (Å²) in [6, 6.07) is 6.22. The minimum Gasteiger partial charge on any atom is -0.491 e. The van der Waals surface area contributed by atoms with Crippen molar-refractivity contribution in [2.75, 3.05) is 19.7 Å². The Kier molecular flexibility index (Phi) is 4.82. The normalized spacial score (nSPS) is 16.0. The highest BCUT2D eigenvalue weighted by Gasteiger charge is 2.24. The summed E-state index contributed by atoms with van der Waals surface area (Å²) in [6.07, 6.45) is 4.32. The fraction of sp³-hybridized carbons (Fsp3) is 0.364. The molecule has 0 saturated heterocycles. The molecular formula is C22H25N7O2. The highest BCUT2D eigenvalue weighted by molar-refractivity contribution is 6.01. The highest BCUT2D eigenvalue weighted by Crippen LogP contribution is 2.37. The van der Waals surface area contributed by atoms with Crippen molar-refractivity contribution in [3.05, 3.63) is 41.9 Å². The molecule has 160 valence electrons. The third-order valence-corrected chi connectivity index (χ3v) is 5.74. The zero-order valence-corrected chi connectivity index (χ0v) is 17.6. The molecule has 0 bridgehead atoms. The molecule has 9 nitrogen and oxygen atoms in total. The van der Waals surface area contributed by atoms with Crippen LogP contribution in [-0.4, -0.2) is 49.9 Å². The second-order valence-electron chi connectivity index (χ2n) is 8.07. The van der Waals surface area contributed by atoms with E-state index in [4.69, 9.17) is 15.5 Å². The maximum absolute atomic E-state index is 11.9. The number of aromatic nitrogens is 5. The van der Waals surface area contributed by atoms with Crippen molar-refractivity contribution in [1.29, 1.82) is 0 Å². The Hall–Kier alpha value is -3.46. The van der Waals surface area contributed by atoms with E-state index in [1.54, 1.807) is 6.33 Å². The van der Waals surface area contributed by atoms with E-state index in [1.165, 1.54) is 0 Å². The molecule has 1 amide bonds. The maximum atomic E-state index is 11.9. The Balaban J connectivity index is 1.58. The standard InChI is InChI=1S/C22H25N7O2/c1-13(2)29-22(25-12-26-29)18-11-28-7-8-31-19-9-14(3-4-16(19)21(28)27-18)15-5-6-24-10-17(15)20(23)30/h3-4,9,11-13,24H,5-8,10H2,1-2H3,(H2,23,30). The van der Waals surface area contributed by atoms with Crippen LogP contribution >= 0.6 is 0 Å². The second kappa shape index (κ2) is 7.66. The number of carbonyl (C=O) groups excluding carboxylic acids is 1. The molecule has 1 aromatic carbocycles. The predicted octanol–water partition coefficient (Wildman–Crippen LogP) is 2.01. The van der Waals surface area contributed by atoms with Gasteiger partial charge in [0, 0.05) is 24.4 Å². The molecule has 0 spiro atoms. The van der Waals surface area contributed by atoms with Crippen molar-refractivity contribution in [1.82, 2.24) is 29.6 Å². The van der Waals surface area contributed by atoms with Crippen LogP contribution in [0, 0.1) is 0 Å². The van der Waals surface area contributed by atoms with Gasteiger partial charge in [0.15, 0.2) is 5.82 Å². The van der Waals surface area contributed by atoms with Crippen LogP contribution in [0.5, 0.6) is 5.75 Å². The average molecular weight is 419 g/mol. The van der Waals surface area contributed by atoms with Crippen LogP contribution in [0.2, 0.25) is 0 Å². The van der Waals surface area contributed by atoms with Gasteiger partial charge in [0.2, 0.25) is 5.91 Å². The van der Waals surface area contributed by atoms with Gasteiger partial charge in [-0.1, -0.05) is 6.07 Å². The van der Waals surface area contributed by atoms with Crippen LogP contribution in [0.1, 0.15) is 31.9 Å². The van der Waals surface area contributed by atoms with Crippen molar-refractivity contribution in [3.8, 4) is 28.7 Å².